The molecule has 2 amide bonds. The molecule has 2 aromatic rings. The highest BCUT2D eigenvalue weighted by molar-refractivity contribution is 7.17. The summed E-state index contributed by atoms with van der Waals surface area (Å²) >= 11 is 1.48. The van der Waals surface area contributed by atoms with E-state index in [1.165, 1.54) is 11.3 Å². The number of carbonyl (C=O) groups is 3. The predicted molar refractivity (Wildman–Crippen MR) is 122 cm³/mol. The summed E-state index contributed by atoms with van der Waals surface area (Å²) in [5.41, 5.74) is 3.50. The number of nitrogens with one attached hydrogen (secondary N) is 1. The zero-order chi connectivity index (χ0) is 22.0. The van der Waals surface area contributed by atoms with Crippen LogP contribution in [-0.2, 0) is 33.6 Å². The van der Waals surface area contributed by atoms with Crippen LogP contribution in [0.5, 0.6) is 0 Å². The van der Waals surface area contributed by atoms with Gasteiger partial charge < -0.3 is 15.0 Å². The minimum Gasteiger partial charge on any atom is -0.462 e. The van der Waals surface area contributed by atoms with Crippen molar-refractivity contribution in [2.75, 3.05) is 23.4 Å². The van der Waals surface area contributed by atoms with Crippen molar-refractivity contribution in [3.63, 3.8) is 0 Å². The molecule has 0 saturated carbocycles. The number of thiophene rings is 1. The van der Waals surface area contributed by atoms with Gasteiger partial charge in [-0.3, -0.25) is 9.59 Å². The van der Waals surface area contributed by atoms with Gasteiger partial charge in [-0.1, -0.05) is 25.1 Å². The molecule has 6 nitrogen and oxygen atoms in total. The lowest BCUT2D eigenvalue weighted by Crippen LogP contribution is -2.29. The minimum absolute atomic E-state index is 0.0443. The van der Waals surface area contributed by atoms with E-state index in [4.69, 9.17) is 4.74 Å². The van der Waals surface area contributed by atoms with Crippen molar-refractivity contribution in [1.82, 2.24) is 0 Å². The Bertz CT molecular complexity index is 1010. The number of ether oxygens (including phenoxy) is 1. The molecule has 164 valence electrons. The number of nitrogens with zero attached hydrogens (tertiary/aromatic N) is 1. The van der Waals surface area contributed by atoms with E-state index in [-0.39, 0.29) is 24.2 Å². The quantitative estimate of drug-likeness (QED) is 0.678. The molecule has 1 aliphatic heterocycles. The number of rotatable bonds is 6. The Labute approximate surface area is 186 Å². The standard InChI is InChI=1S/C24H28N2O4S/c1-3-15-9-5-7-11-18(15)26-14-16(13-20(26)27)22(28)25-23-21(24(29)30-4-2)17-10-6-8-12-19(17)31-23/h5,7,9,11,16H,3-4,6,8,10,12-14H2,1-2H3,(H,25,28). The Morgan fingerprint density at radius 3 is 2.74 bits per heavy atom. The van der Waals surface area contributed by atoms with Crippen molar-refractivity contribution >= 4 is 39.8 Å². The Hall–Kier alpha value is -2.67. The summed E-state index contributed by atoms with van der Waals surface area (Å²) in [5.74, 6) is -1.09. The zero-order valence-corrected chi connectivity index (χ0v) is 18.8. The third kappa shape index (κ3) is 4.24. The van der Waals surface area contributed by atoms with Crippen molar-refractivity contribution in [2.24, 2.45) is 5.92 Å². The van der Waals surface area contributed by atoms with Gasteiger partial charge in [-0.05, 0) is 56.2 Å². The average molecular weight is 441 g/mol. The van der Waals surface area contributed by atoms with Gasteiger partial charge in [-0.2, -0.15) is 0 Å². The van der Waals surface area contributed by atoms with Crippen LogP contribution in [0.2, 0.25) is 0 Å². The number of carbonyl (C=O) groups excluding carboxylic acids is 3. The van der Waals surface area contributed by atoms with Crippen molar-refractivity contribution in [1.29, 1.82) is 0 Å². The second kappa shape index (κ2) is 9.22. The molecular formula is C24H28N2O4S. The highest BCUT2D eigenvalue weighted by atomic mass is 32.1. The fourth-order valence-electron chi connectivity index (χ4n) is 4.48. The first kappa shape index (κ1) is 21.6. The smallest absolute Gasteiger partial charge is 0.341 e. The van der Waals surface area contributed by atoms with Gasteiger partial charge in [-0.25, -0.2) is 4.79 Å². The lowest BCUT2D eigenvalue weighted by molar-refractivity contribution is -0.122. The average Bonchev–Trinajstić information content (AvgIpc) is 3.34. The SMILES string of the molecule is CCOC(=O)c1c(NC(=O)C2CC(=O)N(c3ccccc3CC)C2)sc2c1CCCC2. The van der Waals surface area contributed by atoms with Gasteiger partial charge in [0, 0.05) is 23.5 Å². The molecule has 2 aliphatic rings. The number of benzene rings is 1. The number of anilines is 2. The van der Waals surface area contributed by atoms with Gasteiger partial charge in [0.15, 0.2) is 0 Å². The van der Waals surface area contributed by atoms with Crippen molar-refractivity contribution in [3.05, 3.63) is 45.8 Å². The van der Waals surface area contributed by atoms with Crippen molar-refractivity contribution in [3.8, 4) is 0 Å². The molecule has 7 heteroatoms. The number of amides is 2. The third-order valence-electron chi connectivity index (χ3n) is 6.05. The molecule has 0 bridgehead atoms. The molecule has 1 N–H and O–H groups in total. The third-order valence-corrected chi connectivity index (χ3v) is 7.25. The molecule has 4 rings (SSSR count). The van der Waals surface area contributed by atoms with E-state index >= 15 is 0 Å². The molecular weight excluding hydrogens is 412 g/mol. The van der Waals surface area contributed by atoms with Gasteiger partial charge in [0.25, 0.3) is 0 Å². The summed E-state index contributed by atoms with van der Waals surface area (Å²) < 4.78 is 5.27. The Kier molecular flexibility index (Phi) is 6.41. The lowest BCUT2D eigenvalue weighted by atomic mass is 9.95. The number of hydrogen-bond donors (Lipinski definition) is 1. The van der Waals surface area contributed by atoms with Crippen molar-refractivity contribution < 1.29 is 19.1 Å². The second-order valence-electron chi connectivity index (χ2n) is 8.01. The van der Waals surface area contributed by atoms with Crippen LogP contribution in [0.15, 0.2) is 24.3 Å². The van der Waals surface area contributed by atoms with E-state index in [9.17, 15) is 14.4 Å². The molecule has 31 heavy (non-hydrogen) atoms. The summed E-state index contributed by atoms with van der Waals surface area (Å²) in [5, 5.41) is 3.54. The second-order valence-corrected chi connectivity index (χ2v) is 9.12. The molecule has 1 fully saturated rings. The summed E-state index contributed by atoms with van der Waals surface area (Å²) in [6.45, 7) is 4.47. The van der Waals surface area contributed by atoms with Crippen LogP contribution >= 0.6 is 11.3 Å². The van der Waals surface area contributed by atoms with E-state index < -0.39 is 5.92 Å². The van der Waals surface area contributed by atoms with Gasteiger partial charge >= 0.3 is 5.97 Å². The monoisotopic (exact) mass is 440 g/mol. The van der Waals surface area contributed by atoms with Crippen LogP contribution in [0.4, 0.5) is 10.7 Å². The molecule has 0 spiro atoms. The topological polar surface area (TPSA) is 75.7 Å². The van der Waals surface area contributed by atoms with Gasteiger partial charge in [0.05, 0.1) is 18.1 Å². The number of para-hydroxylation sites is 1. The minimum atomic E-state index is -0.452. The summed E-state index contributed by atoms with van der Waals surface area (Å²) in [6.07, 6.45) is 4.87. The Morgan fingerprint density at radius 2 is 1.97 bits per heavy atom. The van der Waals surface area contributed by atoms with E-state index in [1.807, 2.05) is 24.3 Å². The zero-order valence-electron chi connectivity index (χ0n) is 18.0. The fourth-order valence-corrected chi connectivity index (χ4v) is 5.76. The molecule has 2 heterocycles. The molecule has 1 saturated heterocycles. The van der Waals surface area contributed by atoms with E-state index in [0.29, 0.717) is 23.7 Å². The highest BCUT2D eigenvalue weighted by Gasteiger charge is 2.37. The van der Waals surface area contributed by atoms with Gasteiger partial charge in [-0.15, -0.1) is 11.3 Å². The van der Waals surface area contributed by atoms with Crippen LogP contribution in [0.3, 0.4) is 0 Å². The maximum Gasteiger partial charge on any atom is 0.341 e. The Balaban J connectivity index is 1.54. The van der Waals surface area contributed by atoms with Gasteiger partial charge in [0.2, 0.25) is 11.8 Å². The van der Waals surface area contributed by atoms with Crippen LogP contribution in [0.1, 0.15) is 59.5 Å². The number of fused-ring (bicyclic) bond motifs is 1. The highest BCUT2D eigenvalue weighted by Crippen LogP contribution is 2.39. The predicted octanol–water partition coefficient (Wildman–Crippen LogP) is 4.36. The van der Waals surface area contributed by atoms with E-state index in [1.54, 1.807) is 11.8 Å². The Morgan fingerprint density at radius 1 is 1.19 bits per heavy atom. The van der Waals surface area contributed by atoms with Crippen LogP contribution in [0.25, 0.3) is 0 Å². The molecule has 1 atom stereocenters. The van der Waals surface area contributed by atoms with Crippen LogP contribution < -0.4 is 10.2 Å². The first-order chi connectivity index (χ1) is 15.0. The normalized spacial score (nSPS) is 18.1. The molecule has 1 aliphatic carbocycles. The fraction of sp³-hybridized carbons (Fsp3) is 0.458. The molecule has 1 unspecified atom stereocenters. The van der Waals surface area contributed by atoms with Crippen LogP contribution in [0, 0.1) is 5.92 Å². The summed E-state index contributed by atoms with van der Waals surface area (Å²) in [4.78, 5) is 41.3. The maximum absolute atomic E-state index is 13.1. The van der Waals surface area contributed by atoms with E-state index in [2.05, 4.69) is 12.2 Å². The summed E-state index contributed by atoms with van der Waals surface area (Å²) in [7, 11) is 0. The van der Waals surface area contributed by atoms with Crippen LogP contribution in [-0.4, -0.2) is 30.9 Å². The first-order valence-corrected chi connectivity index (χ1v) is 11.9. The van der Waals surface area contributed by atoms with E-state index in [0.717, 1.165) is 53.8 Å². The van der Waals surface area contributed by atoms with Crippen molar-refractivity contribution in [2.45, 2.75) is 52.4 Å². The molecule has 1 aromatic heterocycles. The maximum atomic E-state index is 13.1. The number of esters is 1. The number of aryl methyl sites for hydroxylation is 2. The number of hydrogen-bond acceptors (Lipinski definition) is 5. The van der Waals surface area contributed by atoms with Gasteiger partial charge in [0.1, 0.15) is 5.00 Å². The largest absolute Gasteiger partial charge is 0.462 e. The lowest BCUT2D eigenvalue weighted by Gasteiger charge is -2.20. The molecule has 1 aromatic carbocycles. The molecule has 0 radical (unpaired) electrons. The summed E-state index contributed by atoms with van der Waals surface area (Å²) in [6, 6.07) is 7.82. The first-order valence-electron chi connectivity index (χ1n) is 11.0.